The molecule has 3 aromatic carbocycles. The van der Waals surface area contributed by atoms with Gasteiger partial charge in [0.05, 0.1) is 32.7 Å². The normalized spacial score (nSPS) is 10.6. The van der Waals surface area contributed by atoms with Crippen molar-refractivity contribution < 1.29 is 14.5 Å². The van der Waals surface area contributed by atoms with E-state index in [0.29, 0.717) is 44.0 Å². The van der Waals surface area contributed by atoms with Crippen molar-refractivity contribution in [2.45, 2.75) is 23.3 Å². The minimum absolute atomic E-state index is 0.0141. The Morgan fingerprint density at radius 2 is 1.87 bits per heavy atom. The maximum atomic E-state index is 11.7. The number of nitrogens with one attached hydrogen (secondary N) is 1. The van der Waals surface area contributed by atoms with Crippen LogP contribution in [0.5, 0.6) is 5.75 Å². The van der Waals surface area contributed by atoms with Crippen molar-refractivity contribution in [2.75, 3.05) is 12.4 Å². The summed E-state index contributed by atoms with van der Waals surface area (Å²) in [4.78, 5) is 24.1. The molecular formula is C22H18Cl2N2O4S. The van der Waals surface area contributed by atoms with Crippen LogP contribution >= 0.6 is 35.0 Å². The summed E-state index contributed by atoms with van der Waals surface area (Å²) in [6.07, 6.45) is 0. The molecule has 3 rings (SSSR count). The van der Waals surface area contributed by atoms with Crippen molar-refractivity contribution >= 4 is 52.1 Å². The van der Waals surface area contributed by atoms with E-state index >= 15 is 0 Å². The number of rotatable bonds is 8. The Labute approximate surface area is 193 Å². The number of nitrogens with zero attached hydrogens (tertiary/aromatic N) is 1. The topological polar surface area (TPSA) is 81.5 Å². The zero-order valence-corrected chi connectivity index (χ0v) is 19.0. The van der Waals surface area contributed by atoms with Crippen LogP contribution in [-0.2, 0) is 6.54 Å². The van der Waals surface area contributed by atoms with Crippen molar-refractivity contribution in [1.82, 2.24) is 0 Å². The first kappa shape index (κ1) is 22.9. The largest absolute Gasteiger partial charge is 0.495 e. The second-order valence-corrected chi connectivity index (χ2v) is 8.49. The van der Waals surface area contributed by atoms with E-state index in [1.54, 1.807) is 48.5 Å². The smallest absolute Gasteiger partial charge is 0.283 e. The van der Waals surface area contributed by atoms with E-state index < -0.39 is 4.92 Å². The molecular weight excluding hydrogens is 459 g/mol. The monoisotopic (exact) mass is 476 g/mol. The van der Waals surface area contributed by atoms with Crippen molar-refractivity contribution in [3.63, 3.8) is 0 Å². The van der Waals surface area contributed by atoms with Crippen LogP contribution in [0.25, 0.3) is 0 Å². The molecule has 0 bridgehead atoms. The lowest BCUT2D eigenvalue weighted by atomic mass is 10.1. The summed E-state index contributed by atoms with van der Waals surface area (Å²) in [6.45, 7) is 1.80. The van der Waals surface area contributed by atoms with Gasteiger partial charge in [-0.25, -0.2) is 0 Å². The number of ether oxygens (including phenoxy) is 1. The first-order valence-electron chi connectivity index (χ1n) is 9.11. The number of hydrogen-bond donors (Lipinski definition) is 1. The van der Waals surface area contributed by atoms with Crippen LogP contribution in [0.15, 0.2) is 64.4 Å². The van der Waals surface area contributed by atoms with E-state index in [1.165, 1.54) is 31.9 Å². The Morgan fingerprint density at radius 1 is 1.10 bits per heavy atom. The Kier molecular flexibility index (Phi) is 7.43. The van der Waals surface area contributed by atoms with Gasteiger partial charge in [0.15, 0.2) is 5.78 Å². The van der Waals surface area contributed by atoms with E-state index in [0.717, 1.165) is 4.90 Å². The molecule has 6 nitrogen and oxygen atoms in total. The molecule has 0 heterocycles. The van der Waals surface area contributed by atoms with Gasteiger partial charge in [-0.2, -0.15) is 0 Å². The maximum absolute atomic E-state index is 11.7. The third kappa shape index (κ3) is 5.70. The Hall–Kier alpha value is -2.74. The summed E-state index contributed by atoms with van der Waals surface area (Å²) < 4.78 is 5.33. The van der Waals surface area contributed by atoms with Gasteiger partial charge >= 0.3 is 0 Å². The van der Waals surface area contributed by atoms with Gasteiger partial charge in [0.2, 0.25) is 0 Å². The standard InChI is InChI=1S/C22H18Cl2N2O4S/c1-13(27)15-4-7-21(30-2)19(10-15)25-12-14-3-8-22(20(9-14)26(28)29)31-16-5-6-17(23)18(24)11-16/h3-11,25H,12H2,1-2H3. The van der Waals surface area contributed by atoms with E-state index in [4.69, 9.17) is 27.9 Å². The fraction of sp³-hybridized carbons (Fsp3) is 0.136. The van der Waals surface area contributed by atoms with Gasteiger partial charge in [0.1, 0.15) is 5.75 Å². The highest BCUT2D eigenvalue weighted by Gasteiger charge is 2.17. The molecule has 0 unspecified atom stereocenters. The highest BCUT2D eigenvalue weighted by molar-refractivity contribution is 7.99. The third-order valence-electron chi connectivity index (χ3n) is 4.43. The van der Waals surface area contributed by atoms with Crippen LogP contribution in [0.1, 0.15) is 22.8 Å². The fourth-order valence-electron chi connectivity index (χ4n) is 2.83. The Morgan fingerprint density at radius 3 is 2.52 bits per heavy atom. The number of anilines is 1. The first-order valence-corrected chi connectivity index (χ1v) is 10.7. The van der Waals surface area contributed by atoms with Crippen molar-refractivity contribution in [3.05, 3.63) is 85.9 Å². The number of Topliss-reactive ketones (excluding diaryl/α,β-unsaturated/α-hetero) is 1. The van der Waals surface area contributed by atoms with E-state index in [2.05, 4.69) is 5.32 Å². The second kappa shape index (κ2) is 10.0. The number of halogens is 2. The number of benzene rings is 3. The van der Waals surface area contributed by atoms with Crippen LogP contribution in [0.3, 0.4) is 0 Å². The Balaban J connectivity index is 1.83. The molecule has 3 aromatic rings. The lowest BCUT2D eigenvalue weighted by Gasteiger charge is -2.13. The van der Waals surface area contributed by atoms with Gasteiger partial charge < -0.3 is 10.1 Å². The molecule has 0 fully saturated rings. The van der Waals surface area contributed by atoms with Crippen LogP contribution in [0.2, 0.25) is 10.0 Å². The lowest BCUT2D eigenvalue weighted by Crippen LogP contribution is -2.04. The van der Waals surface area contributed by atoms with Crippen LogP contribution in [0.4, 0.5) is 11.4 Å². The fourth-order valence-corrected chi connectivity index (χ4v) is 4.14. The lowest BCUT2D eigenvalue weighted by molar-refractivity contribution is -0.387. The molecule has 160 valence electrons. The number of methoxy groups -OCH3 is 1. The molecule has 0 saturated carbocycles. The predicted molar refractivity (Wildman–Crippen MR) is 124 cm³/mol. The number of ketones is 1. The average Bonchev–Trinajstić information content (AvgIpc) is 2.75. The molecule has 1 N–H and O–H groups in total. The first-order chi connectivity index (χ1) is 14.8. The highest BCUT2D eigenvalue weighted by atomic mass is 35.5. The molecule has 0 aromatic heterocycles. The summed E-state index contributed by atoms with van der Waals surface area (Å²) in [7, 11) is 1.54. The van der Waals surface area contributed by atoms with E-state index in [-0.39, 0.29) is 11.5 Å². The summed E-state index contributed by atoms with van der Waals surface area (Å²) in [5.41, 5.74) is 1.87. The van der Waals surface area contributed by atoms with Gasteiger partial charge in [0, 0.05) is 23.1 Å². The summed E-state index contributed by atoms with van der Waals surface area (Å²) in [5, 5.41) is 15.6. The van der Waals surface area contributed by atoms with Crippen molar-refractivity contribution in [2.24, 2.45) is 0 Å². The number of hydrogen-bond acceptors (Lipinski definition) is 6. The van der Waals surface area contributed by atoms with Crippen molar-refractivity contribution in [1.29, 1.82) is 0 Å². The van der Waals surface area contributed by atoms with Crippen LogP contribution < -0.4 is 10.1 Å². The predicted octanol–water partition coefficient (Wildman–Crippen LogP) is 6.88. The zero-order chi connectivity index (χ0) is 22.5. The molecule has 0 atom stereocenters. The molecule has 0 radical (unpaired) electrons. The van der Waals surface area contributed by atoms with Crippen LogP contribution in [-0.4, -0.2) is 17.8 Å². The maximum Gasteiger partial charge on any atom is 0.283 e. The number of nitro benzene ring substituents is 1. The molecule has 9 heteroatoms. The van der Waals surface area contributed by atoms with E-state index in [9.17, 15) is 14.9 Å². The average molecular weight is 477 g/mol. The van der Waals surface area contributed by atoms with Crippen molar-refractivity contribution in [3.8, 4) is 5.75 Å². The van der Waals surface area contributed by atoms with Crippen LogP contribution in [0, 0.1) is 10.1 Å². The second-order valence-electron chi connectivity index (χ2n) is 6.56. The van der Waals surface area contributed by atoms with Gasteiger partial charge in [-0.05, 0) is 55.0 Å². The number of carbonyl (C=O) groups excluding carboxylic acids is 1. The summed E-state index contributed by atoms with van der Waals surface area (Å²) >= 11 is 13.2. The molecule has 0 aliphatic rings. The van der Waals surface area contributed by atoms with Gasteiger partial charge in [-0.1, -0.05) is 41.0 Å². The highest BCUT2D eigenvalue weighted by Crippen LogP contribution is 2.38. The summed E-state index contributed by atoms with van der Waals surface area (Å²) in [6, 6.07) is 15.2. The quantitative estimate of drug-likeness (QED) is 0.217. The number of carbonyl (C=O) groups is 1. The molecule has 0 aliphatic heterocycles. The minimum Gasteiger partial charge on any atom is -0.495 e. The molecule has 0 amide bonds. The molecule has 0 spiro atoms. The molecule has 0 aliphatic carbocycles. The van der Waals surface area contributed by atoms with Gasteiger partial charge in [-0.15, -0.1) is 0 Å². The third-order valence-corrected chi connectivity index (χ3v) is 6.22. The van der Waals surface area contributed by atoms with Gasteiger partial charge in [-0.3, -0.25) is 14.9 Å². The minimum atomic E-state index is -0.416. The Bertz CT molecular complexity index is 1150. The SMILES string of the molecule is COc1ccc(C(C)=O)cc1NCc1ccc(Sc2ccc(Cl)c(Cl)c2)c([N+](=O)[O-])c1. The molecule has 0 saturated heterocycles. The number of nitro groups is 1. The summed E-state index contributed by atoms with van der Waals surface area (Å²) in [5.74, 6) is 0.510. The van der Waals surface area contributed by atoms with E-state index in [1.807, 2.05) is 0 Å². The molecule has 31 heavy (non-hydrogen) atoms. The van der Waals surface area contributed by atoms with Gasteiger partial charge in [0.25, 0.3) is 5.69 Å². The zero-order valence-electron chi connectivity index (χ0n) is 16.6.